The lowest BCUT2D eigenvalue weighted by Gasteiger charge is -2.06. The smallest absolute Gasteiger partial charge is 0.243 e. The largest absolute Gasteiger partial charge is 0.337 e. The zero-order chi connectivity index (χ0) is 13.7. The van der Waals surface area contributed by atoms with Gasteiger partial charge in [-0.25, -0.2) is 18.1 Å². The Hall–Kier alpha value is -1.67. The second-order valence-electron chi connectivity index (χ2n) is 4.26. The molecule has 2 rings (SSSR count). The summed E-state index contributed by atoms with van der Waals surface area (Å²) < 4.78 is 28.4. The highest BCUT2D eigenvalue weighted by Crippen LogP contribution is 2.10. The summed E-state index contributed by atoms with van der Waals surface area (Å²) in [4.78, 5) is 4.16. The molecule has 8 heteroatoms. The summed E-state index contributed by atoms with van der Waals surface area (Å²) >= 11 is 0. The lowest BCUT2D eigenvalue weighted by atomic mass is 10.3. The van der Waals surface area contributed by atoms with Crippen molar-refractivity contribution in [2.45, 2.75) is 31.2 Å². The fourth-order valence-corrected chi connectivity index (χ4v) is 2.94. The molecule has 104 valence electrons. The van der Waals surface area contributed by atoms with Crippen LogP contribution in [0.2, 0.25) is 0 Å². The van der Waals surface area contributed by atoms with E-state index >= 15 is 0 Å². The van der Waals surface area contributed by atoms with Crippen LogP contribution in [-0.2, 0) is 16.6 Å². The Bertz CT molecular complexity index is 603. The standard InChI is InChI=1S/C11H17N5O2S/c1-10-11(8-13-15-10)19(17,18)14-4-2-3-6-16-7-5-12-9-16/h5,7-9,14H,2-4,6H2,1H3,(H,13,15). The average Bonchev–Trinajstić information content (AvgIpc) is 2.99. The van der Waals surface area contributed by atoms with Crippen LogP contribution in [0.3, 0.4) is 0 Å². The molecular weight excluding hydrogens is 266 g/mol. The van der Waals surface area contributed by atoms with Crippen molar-refractivity contribution >= 4 is 10.0 Å². The van der Waals surface area contributed by atoms with E-state index in [9.17, 15) is 8.42 Å². The molecule has 19 heavy (non-hydrogen) atoms. The molecule has 2 aromatic heterocycles. The fraction of sp³-hybridized carbons (Fsp3) is 0.455. The SMILES string of the molecule is Cc1[nH]ncc1S(=O)(=O)NCCCCn1ccnc1. The van der Waals surface area contributed by atoms with Gasteiger partial charge in [-0.15, -0.1) is 0 Å². The number of aromatic amines is 1. The van der Waals surface area contributed by atoms with Gasteiger partial charge in [0.2, 0.25) is 10.0 Å². The average molecular weight is 283 g/mol. The maximum atomic E-state index is 11.9. The molecule has 0 aliphatic carbocycles. The minimum Gasteiger partial charge on any atom is -0.337 e. The number of aryl methyl sites for hydroxylation is 2. The Morgan fingerprint density at radius 2 is 2.26 bits per heavy atom. The summed E-state index contributed by atoms with van der Waals surface area (Å²) in [7, 11) is -3.44. The minimum absolute atomic E-state index is 0.210. The van der Waals surface area contributed by atoms with Gasteiger partial charge in [0, 0.05) is 25.5 Å². The quantitative estimate of drug-likeness (QED) is 0.731. The third-order valence-electron chi connectivity index (χ3n) is 2.77. The number of nitrogens with one attached hydrogen (secondary N) is 2. The number of aromatic nitrogens is 4. The van der Waals surface area contributed by atoms with Gasteiger partial charge in [-0.05, 0) is 19.8 Å². The lowest BCUT2D eigenvalue weighted by Crippen LogP contribution is -2.25. The van der Waals surface area contributed by atoms with Crippen LogP contribution in [-0.4, -0.2) is 34.7 Å². The summed E-state index contributed by atoms with van der Waals surface area (Å²) in [6.45, 7) is 2.94. The number of H-pyrrole nitrogens is 1. The van der Waals surface area contributed by atoms with E-state index in [1.165, 1.54) is 6.20 Å². The Labute approximate surface area is 112 Å². The van der Waals surface area contributed by atoms with Crippen LogP contribution < -0.4 is 4.72 Å². The van der Waals surface area contributed by atoms with E-state index < -0.39 is 10.0 Å². The third kappa shape index (κ3) is 3.65. The Morgan fingerprint density at radius 1 is 1.42 bits per heavy atom. The van der Waals surface area contributed by atoms with Crippen molar-refractivity contribution in [3.05, 3.63) is 30.6 Å². The molecule has 2 aromatic rings. The lowest BCUT2D eigenvalue weighted by molar-refractivity contribution is 0.565. The van der Waals surface area contributed by atoms with E-state index in [-0.39, 0.29) is 4.90 Å². The first-order valence-electron chi connectivity index (χ1n) is 6.05. The molecule has 2 N–H and O–H groups in total. The number of hydrogen-bond donors (Lipinski definition) is 2. The molecule has 0 bridgehead atoms. The second kappa shape index (κ2) is 5.98. The van der Waals surface area contributed by atoms with E-state index in [0.29, 0.717) is 12.2 Å². The molecule has 0 radical (unpaired) electrons. The van der Waals surface area contributed by atoms with Gasteiger partial charge in [0.05, 0.1) is 18.2 Å². The normalized spacial score (nSPS) is 11.8. The fourth-order valence-electron chi connectivity index (χ4n) is 1.73. The van der Waals surface area contributed by atoms with E-state index in [0.717, 1.165) is 19.4 Å². The zero-order valence-corrected chi connectivity index (χ0v) is 11.5. The maximum absolute atomic E-state index is 11.9. The molecule has 0 atom stereocenters. The summed E-state index contributed by atoms with van der Waals surface area (Å²) in [5.74, 6) is 0. The molecule has 0 unspecified atom stereocenters. The van der Waals surface area contributed by atoms with Gasteiger partial charge in [0.1, 0.15) is 4.90 Å². The number of imidazole rings is 1. The van der Waals surface area contributed by atoms with Crippen molar-refractivity contribution in [3.8, 4) is 0 Å². The number of hydrogen-bond acceptors (Lipinski definition) is 4. The van der Waals surface area contributed by atoms with Gasteiger partial charge in [0.15, 0.2) is 0 Å². The van der Waals surface area contributed by atoms with Gasteiger partial charge in [0.25, 0.3) is 0 Å². The molecule has 0 saturated heterocycles. The molecular formula is C11H17N5O2S. The molecule has 0 saturated carbocycles. The van der Waals surface area contributed by atoms with E-state index in [2.05, 4.69) is 19.9 Å². The van der Waals surface area contributed by atoms with Crippen molar-refractivity contribution in [1.82, 2.24) is 24.5 Å². The van der Waals surface area contributed by atoms with Crippen LogP contribution in [0.25, 0.3) is 0 Å². The molecule has 0 aromatic carbocycles. The summed E-state index contributed by atoms with van der Waals surface area (Å²) in [5, 5.41) is 6.33. The monoisotopic (exact) mass is 283 g/mol. The predicted octanol–water partition coefficient (Wildman–Crippen LogP) is 0.673. The first kappa shape index (κ1) is 13.8. The highest BCUT2D eigenvalue weighted by Gasteiger charge is 2.17. The highest BCUT2D eigenvalue weighted by atomic mass is 32.2. The van der Waals surface area contributed by atoms with Gasteiger partial charge >= 0.3 is 0 Å². The van der Waals surface area contributed by atoms with Crippen LogP contribution >= 0.6 is 0 Å². The summed E-state index contributed by atoms with van der Waals surface area (Å²) in [6, 6.07) is 0. The van der Waals surface area contributed by atoms with Crippen molar-refractivity contribution < 1.29 is 8.42 Å². The first-order chi connectivity index (χ1) is 9.09. The minimum atomic E-state index is -3.44. The van der Waals surface area contributed by atoms with E-state index in [4.69, 9.17) is 0 Å². The van der Waals surface area contributed by atoms with Crippen LogP contribution in [0.15, 0.2) is 29.8 Å². The number of sulfonamides is 1. The Kier molecular flexibility index (Phi) is 4.33. The highest BCUT2D eigenvalue weighted by molar-refractivity contribution is 7.89. The summed E-state index contributed by atoms with van der Waals surface area (Å²) in [5.41, 5.74) is 0.547. The number of unbranched alkanes of at least 4 members (excludes halogenated alkanes) is 1. The van der Waals surface area contributed by atoms with Crippen molar-refractivity contribution in [1.29, 1.82) is 0 Å². The van der Waals surface area contributed by atoms with Crippen molar-refractivity contribution in [3.63, 3.8) is 0 Å². The molecule has 0 spiro atoms. The van der Waals surface area contributed by atoms with Crippen molar-refractivity contribution in [2.75, 3.05) is 6.54 Å². The molecule has 0 amide bonds. The molecule has 0 fully saturated rings. The summed E-state index contributed by atoms with van der Waals surface area (Å²) in [6.07, 6.45) is 8.35. The molecule has 0 aliphatic rings. The van der Waals surface area contributed by atoms with E-state index in [1.807, 2.05) is 10.8 Å². The predicted molar refractivity (Wildman–Crippen MR) is 70.0 cm³/mol. The van der Waals surface area contributed by atoms with Gasteiger partial charge in [-0.3, -0.25) is 5.10 Å². The first-order valence-corrected chi connectivity index (χ1v) is 7.53. The van der Waals surface area contributed by atoms with Gasteiger partial charge in [-0.1, -0.05) is 0 Å². The topological polar surface area (TPSA) is 92.7 Å². The third-order valence-corrected chi connectivity index (χ3v) is 4.34. The second-order valence-corrected chi connectivity index (χ2v) is 6.00. The van der Waals surface area contributed by atoms with Crippen LogP contribution in [0.1, 0.15) is 18.5 Å². The Morgan fingerprint density at radius 3 is 2.89 bits per heavy atom. The molecule has 2 heterocycles. The molecule has 7 nitrogen and oxygen atoms in total. The van der Waals surface area contributed by atoms with Gasteiger partial charge in [-0.2, -0.15) is 5.10 Å². The Balaban J connectivity index is 1.75. The van der Waals surface area contributed by atoms with Crippen molar-refractivity contribution in [2.24, 2.45) is 0 Å². The number of nitrogens with zero attached hydrogens (tertiary/aromatic N) is 3. The van der Waals surface area contributed by atoms with Gasteiger partial charge < -0.3 is 4.57 Å². The van der Waals surface area contributed by atoms with Crippen LogP contribution in [0, 0.1) is 6.92 Å². The zero-order valence-electron chi connectivity index (χ0n) is 10.7. The maximum Gasteiger partial charge on any atom is 0.243 e. The van der Waals surface area contributed by atoms with E-state index in [1.54, 1.807) is 19.4 Å². The van der Waals surface area contributed by atoms with Crippen LogP contribution in [0.4, 0.5) is 0 Å². The molecule has 0 aliphatic heterocycles. The van der Waals surface area contributed by atoms with Crippen LogP contribution in [0.5, 0.6) is 0 Å². The number of rotatable bonds is 7.